The summed E-state index contributed by atoms with van der Waals surface area (Å²) in [6.07, 6.45) is 7.18. The smallest absolute Gasteiger partial charge is 0.322 e. The molecule has 0 aromatic carbocycles. The number of rotatable bonds is 3. The van der Waals surface area contributed by atoms with Crippen molar-refractivity contribution in [2.75, 3.05) is 31.5 Å². The molecule has 3 rings (SSSR count). The van der Waals surface area contributed by atoms with Crippen LogP contribution in [0.15, 0.2) is 24.8 Å². The molecule has 1 atom stereocenters. The molecule has 1 unspecified atom stereocenters. The highest BCUT2D eigenvalue weighted by Gasteiger charge is 2.32. The van der Waals surface area contributed by atoms with E-state index in [2.05, 4.69) is 27.2 Å². The van der Waals surface area contributed by atoms with Gasteiger partial charge in [-0.2, -0.15) is 5.10 Å². The van der Waals surface area contributed by atoms with Gasteiger partial charge < -0.3 is 14.8 Å². The summed E-state index contributed by atoms with van der Waals surface area (Å²) in [4.78, 5) is 21.2. The summed E-state index contributed by atoms with van der Waals surface area (Å²) in [7, 11) is 3.82. The molecular weight excluding hydrogens is 294 g/mol. The average molecular weight is 317 g/mol. The molecular formula is C15H23N7O. The number of urea groups is 1. The van der Waals surface area contributed by atoms with E-state index in [-0.39, 0.29) is 12.1 Å². The van der Waals surface area contributed by atoms with Crippen LogP contribution in [-0.4, -0.2) is 61.3 Å². The standard InChI is InChI=1S/C15H23N7O/c1-4-21-7-8-22(11-13(21)14-16-5-6-19(14)2)15(23)18-12-9-17-20(3)10-12/h5-6,9-10,13H,4,7-8,11H2,1-3H3,(H,18,23). The number of aromatic nitrogens is 4. The number of hydrogen-bond donors (Lipinski definition) is 1. The van der Waals surface area contributed by atoms with Crippen molar-refractivity contribution < 1.29 is 4.79 Å². The van der Waals surface area contributed by atoms with Crippen molar-refractivity contribution in [3.8, 4) is 0 Å². The quantitative estimate of drug-likeness (QED) is 0.919. The Morgan fingerprint density at radius 3 is 2.83 bits per heavy atom. The van der Waals surface area contributed by atoms with E-state index in [1.165, 1.54) is 0 Å². The van der Waals surface area contributed by atoms with Gasteiger partial charge in [-0.1, -0.05) is 6.92 Å². The van der Waals surface area contributed by atoms with Gasteiger partial charge in [-0.3, -0.25) is 9.58 Å². The summed E-state index contributed by atoms with van der Waals surface area (Å²) in [5.41, 5.74) is 0.712. The van der Waals surface area contributed by atoms with E-state index in [0.717, 1.165) is 18.9 Å². The van der Waals surface area contributed by atoms with Crippen molar-refractivity contribution in [2.45, 2.75) is 13.0 Å². The van der Waals surface area contributed by atoms with Crippen molar-refractivity contribution in [3.63, 3.8) is 0 Å². The van der Waals surface area contributed by atoms with Gasteiger partial charge >= 0.3 is 6.03 Å². The van der Waals surface area contributed by atoms with Gasteiger partial charge in [0.25, 0.3) is 0 Å². The molecule has 2 aromatic heterocycles. The van der Waals surface area contributed by atoms with Gasteiger partial charge in [0, 0.05) is 52.3 Å². The molecule has 8 heteroatoms. The number of imidazole rings is 1. The maximum absolute atomic E-state index is 12.5. The van der Waals surface area contributed by atoms with Gasteiger partial charge in [-0.05, 0) is 6.54 Å². The topological polar surface area (TPSA) is 71.2 Å². The first-order chi connectivity index (χ1) is 11.1. The van der Waals surface area contributed by atoms with E-state index < -0.39 is 0 Å². The van der Waals surface area contributed by atoms with Crippen LogP contribution >= 0.6 is 0 Å². The van der Waals surface area contributed by atoms with Crippen LogP contribution in [-0.2, 0) is 14.1 Å². The average Bonchev–Trinajstić information content (AvgIpc) is 3.15. The summed E-state index contributed by atoms with van der Waals surface area (Å²) in [6, 6.07) is 0.0290. The first kappa shape index (κ1) is 15.5. The summed E-state index contributed by atoms with van der Waals surface area (Å²) >= 11 is 0. The molecule has 0 saturated carbocycles. The predicted molar refractivity (Wildman–Crippen MR) is 87.0 cm³/mol. The lowest BCUT2D eigenvalue weighted by Crippen LogP contribution is -2.52. The normalized spacial score (nSPS) is 19.1. The highest BCUT2D eigenvalue weighted by Crippen LogP contribution is 2.24. The Morgan fingerprint density at radius 1 is 1.39 bits per heavy atom. The molecule has 0 aliphatic carbocycles. The van der Waals surface area contributed by atoms with Crippen LogP contribution in [0.5, 0.6) is 0 Å². The lowest BCUT2D eigenvalue weighted by atomic mass is 10.1. The molecule has 8 nitrogen and oxygen atoms in total. The third-order valence-electron chi connectivity index (χ3n) is 4.30. The van der Waals surface area contributed by atoms with E-state index in [9.17, 15) is 4.79 Å². The van der Waals surface area contributed by atoms with Crippen LogP contribution in [0, 0.1) is 0 Å². The molecule has 1 aliphatic heterocycles. The fraction of sp³-hybridized carbons (Fsp3) is 0.533. The van der Waals surface area contributed by atoms with Gasteiger partial charge in [-0.25, -0.2) is 9.78 Å². The largest absolute Gasteiger partial charge is 0.337 e. The number of anilines is 1. The van der Waals surface area contributed by atoms with E-state index in [1.54, 1.807) is 23.3 Å². The van der Waals surface area contributed by atoms with E-state index in [1.807, 2.05) is 29.8 Å². The molecule has 3 heterocycles. The second-order valence-electron chi connectivity index (χ2n) is 5.82. The Kier molecular flexibility index (Phi) is 4.33. The lowest BCUT2D eigenvalue weighted by molar-refractivity contribution is 0.0927. The zero-order chi connectivity index (χ0) is 16.4. The molecule has 23 heavy (non-hydrogen) atoms. The fourth-order valence-electron chi connectivity index (χ4n) is 3.01. The molecule has 1 N–H and O–H groups in total. The summed E-state index contributed by atoms with van der Waals surface area (Å²) in [5, 5.41) is 6.97. The summed E-state index contributed by atoms with van der Waals surface area (Å²) in [5.74, 6) is 0.991. The van der Waals surface area contributed by atoms with Gasteiger partial charge in [0.1, 0.15) is 5.82 Å². The van der Waals surface area contributed by atoms with Crippen LogP contribution in [0.2, 0.25) is 0 Å². The van der Waals surface area contributed by atoms with Crippen molar-refractivity contribution in [3.05, 3.63) is 30.6 Å². The number of nitrogens with zero attached hydrogens (tertiary/aromatic N) is 6. The molecule has 0 spiro atoms. The van der Waals surface area contributed by atoms with Crippen LogP contribution in [0.25, 0.3) is 0 Å². The van der Waals surface area contributed by atoms with Gasteiger partial charge in [0.05, 0.1) is 17.9 Å². The lowest BCUT2D eigenvalue weighted by Gasteiger charge is -2.40. The Hall–Kier alpha value is -2.35. The van der Waals surface area contributed by atoms with Gasteiger partial charge in [0.15, 0.2) is 0 Å². The molecule has 2 aromatic rings. The minimum Gasteiger partial charge on any atom is -0.337 e. The second kappa shape index (κ2) is 6.41. The minimum atomic E-state index is -0.0898. The molecule has 0 radical (unpaired) electrons. The third-order valence-corrected chi connectivity index (χ3v) is 4.30. The SMILES string of the molecule is CCN1CCN(C(=O)Nc2cnn(C)c2)CC1c1nccn1C. The highest BCUT2D eigenvalue weighted by molar-refractivity contribution is 5.89. The second-order valence-corrected chi connectivity index (χ2v) is 5.82. The van der Waals surface area contributed by atoms with E-state index in [4.69, 9.17) is 0 Å². The number of piperazine rings is 1. The first-order valence-corrected chi connectivity index (χ1v) is 7.84. The number of nitrogens with one attached hydrogen (secondary N) is 1. The van der Waals surface area contributed by atoms with Crippen molar-refractivity contribution in [2.24, 2.45) is 14.1 Å². The van der Waals surface area contributed by atoms with Crippen LogP contribution < -0.4 is 5.32 Å². The fourth-order valence-corrected chi connectivity index (χ4v) is 3.01. The van der Waals surface area contributed by atoms with Gasteiger partial charge in [0.2, 0.25) is 0 Å². The predicted octanol–water partition coefficient (Wildman–Crippen LogP) is 1.06. The number of aryl methyl sites for hydroxylation is 2. The third kappa shape index (κ3) is 3.21. The number of carbonyl (C=O) groups is 1. The van der Waals surface area contributed by atoms with Crippen molar-refractivity contribution in [1.29, 1.82) is 0 Å². The highest BCUT2D eigenvalue weighted by atomic mass is 16.2. The molecule has 1 fully saturated rings. The molecule has 1 saturated heterocycles. The summed E-state index contributed by atoms with van der Waals surface area (Å²) in [6.45, 7) is 5.26. The summed E-state index contributed by atoms with van der Waals surface area (Å²) < 4.78 is 3.69. The molecule has 124 valence electrons. The number of carbonyl (C=O) groups excluding carboxylic acids is 1. The minimum absolute atomic E-state index is 0.0898. The zero-order valence-electron chi connectivity index (χ0n) is 13.8. The maximum Gasteiger partial charge on any atom is 0.322 e. The first-order valence-electron chi connectivity index (χ1n) is 7.84. The van der Waals surface area contributed by atoms with Crippen LogP contribution in [0.1, 0.15) is 18.8 Å². The molecule has 0 bridgehead atoms. The number of hydrogen-bond acceptors (Lipinski definition) is 4. The number of amides is 2. The van der Waals surface area contributed by atoms with Crippen molar-refractivity contribution in [1.82, 2.24) is 29.1 Å². The maximum atomic E-state index is 12.5. The van der Waals surface area contributed by atoms with Crippen LogP contribution in [0.4, 0.5) is 10.5 Å². The Balaban J connectivity index is 1.72. The zero-order valence-corrected chi connectivity index (χ0v) is 13.8. The van der Waals surface area contributed by atoms with E-state index >= 15 is 0 Å². The van der Waals surface area contributed by atoms with Gasteiger partial charge in [-0.15, -0.1) is 0 Å². The Morgan fingerprint density at radius 2 is 2.22 bits per heavy atom. The van der Waals surface area contributed by atoms with Crippen LogP contribution in [0.3, 0.4) is 0 Å². The molecule has 1 aliphatic rings. The van der Waals surface area contributed by atoms with E-state index in [0.29, 0.717) is 18.8 Å². The Bertz CT molecular complexity index is 677. The molecule has 2 amide bonds. The van der Waals surface area contributed by atoms with Crippen molar-refractivity contribution >= 4 is 11.7 Å². The Labute approximate surface area is 135 Å². The monoisotopic (exact) mass is 317 g/mol. The number of likely N-dealkylation sites (N-methyl/N-ethyl adjacent to an activating group) is 1.